The summed E-state index contributed by atoms with van der Waals surface area (Å²) in [5.41, 5.74) is 9.11. The number of aryl methyl sites for hydroxylation is 2. The second-order valence-electron chi connectivity index (χ2n) is 7.07. The van der Waals surface area contributed by atoms with Gasteiger partial charge in [0.25, 0.3) is 5.91 Å². The molecule has 31 heavy (non-hydrogen) atoms. The number of nitrogens with zero attached hydrogens (tertiary/aromatic N) is 7. The third-order valence-corrected chi connectivity index (χ3v) is 5.87. The number of amides is 1. The summed E-state index contributed by atoms with van der Waals surface area (Å²) in [7, 11) is 5.28. The molecular formula is C19H21N9O2S. The van der Waals surface area contributed by atoms with Crippen LogP contribution in [0.4, 0.5) is 0 Å². The fourth-order valence-electron chi connectivity index (χ4n) is 3.33. The topological polar surface area (TPSA) is 140 Å². The van der Waals surface area contributed by atoms with Crippen LogP contribution in [-0.4, -0.2) is 60.0 Å². The van der Waals surface area contributed by atoms with Crippen molar-refractivity contribution in [1.29, 1.82) is 0 Å². The molecule has 1 amide bonds. The molecule has 0 saturated carbocycles. The highest BCUT2D eigenvalue weighted by Crippen LogP contribution is 2.30. The van der Waals surface area contributed by atoms with E-state index >= 15 is 0 Å². The standard InChI is InChI=1S/C19H21N9O2S/c1-26(9-14-13(18(20)30)8-27(2)25-14)22-7-12-15(10-29)28(3)19-17(12)31-16(23-19)6-11-4-5-21-24-11/h4-5,7-8,10H,6,9H2,1-3H3,(H2,20,30)(H,21,24)/b22-7-. The first kappa shape index (κ1) is 20.5. The van der Waals surface area contributed by atoms with Gasteiger partial charge in [0.1, 0.15) is 5.01 Å². The monoisotopic (exact) mass is 439 g/mol. The maximum atomic E-state index is 11.7. The number of hydrogen-bond donors (Lipinski definition) is 2. The Kier molecular flexibility index (Phi) is 5.38. The molecule has 4 heterocycles. The van der Waals surface area contributed by atoms with Gasteiger partial charge in [-0.05, 0) is 6.07 Å². The third-order valence-electron chi connectivity index (χ3n) is 4.79. The van der Waals surface area contributed by atoms with Crippen LogP contribution in [-0.2, 0) is 27.1 Å². The van der Waals surface area contributed by atoms with Crippen molar-refractivity contribution >= 4 is 40.1 Å². The Bertz CT molecular complexity index is 1280. The Balaban J connectivity index is 1.62. The zero-order valence-electron chi connectivity index (χ0n) is 17.2. The minimum Gasteiger partial charge on any atom is -0.365 e. The Morgan fingerprint density at radius 1 is 1.42 bits per heavy atom. The fourth-order valence-corrected chi connectivity index (χ4v) is 4.46. The van der Waals surface area contributed by atoms with Gasteiger partial charge in [-0.1, -0.05) is 0 Å². The Morgan fingerprint density at radius 2 is 2.23 bits per heavy atom. The molecule has 3 N–H and O–H groups in total. The lowest BCUT2D eigenvalue weighted by atomic mass is 10.2. The molecule has 0 radical (unpaired) electrons. The van der Waals surface area contributed by atoms with Crippen LogP contribution in [0.1, 0.15) is 42.8 Å². The second-order valence-corrected chi connectivity index (χ2v) is 8.15. The average Bonchev–Trinajstić information content (AvgIpc) is 3.48. The molecular weight excluding hydrogens is 418 g/mol. The quantitative estimate of drug-likeness (QED) is 0.239. The zero-order chi connectivity index (χ0) is 22.1. The maximum absolute atomic E-state index is 11.7. The van der Waals surface area contributed by atoms with E-state index in [9.17, 15) is 9.59 Å². The third kappa shape index (κ3) is 3.97. The summed E-state index contributed by atoms with van der Waals surface area (Å²) >= 11 is 1.51. The lowest BCUT2D eigenvalue weighted by molar-refractivity contribution is 0.0998. The molecule has 4 aromatic heterocycles. The number of H-pyrrole nitrogens is 1. The summed E-state index contributed by atoms with van der Waals surface area (Å²) in [4.78, 5) is 28.0. The lowest BCUT2D eigenvalue weighted by Gasteiger charge is -2.11. The van der Waals surface area contributed by atoms with E-state index in [4.69, 9.17) is 5.73 Å². The number of hydrazone groups is 1. The maximum Gasteiger partial charge on any atom is 0.252 e. The smallest absolute Gasteiger partial charge is 0.252 e. The van der Waals surface area contributed by atoms with Crippen LogP contribution in [0, 0.1) is 0 Å². The molecule has 0 spiro atoms. The predicted molar refractivity (Wildman–Crippen MR) is 116 cm³/mol. The molecule has 4 rings (SSSR count). The van der Waals surface area contributed by atoms with Crippen molar-refractivity contribution in [2.75, 3.05) is 7.05 Å². The lowest BCUT2D eigenvalue weighted by Crippen LogP contribution is -2.17. The summed E-state index contributed by atoms with van der Waals surface area (Å²) in [5.74, 6) is -0.539. The van der Waals surface area contributed by atoms with E-state index in [1.54, 1.807) is 49.3 Å². The molecule has 0 atom stereocenters. The zero-order valence-corrected chi connectivity index (χ0v) is 18.1. The molecule has 0 unspecified atom stereocenters. The molecule has 12 heteroatoms. The number of nitrogens with one attached hydrogen (secondary N) is 1. The van der Waals surface area contributed by atoms with Crippen molar-refractivity contribution in [1.82, 2.24) is 34.5 Å². The van der Waals surface area contributed by atoms with Gasteiger partial charge in [-0.15, -0.1) is 11.3 Å². The number of primary amides is 1. The van der Waals surface area contributed by atoms with Crippen LogP contribution in [0.2, 0.25) is 0 Å². The van der Waals surface area contributed by atoms with Crippen LogP contribution in [0.3, 0.4) is 0 Å². The van der Waals surface area contributed by atoms with Crippen LogP contribution in [0.25, 0.3) is 10.3 Å². The number of carbonyl (C=O) groups is 2. The van der Waals surface area contributed by atoms with E-state index in [1.807, 2.05) is 6.07 Å². The highest BCUT2D eigenvalue weighted by atomic mass is 32.1. The molecule has 0 aliphatic carbocycles. The minimum absolute atomic E-state index is 0.287. The molecule has 11 nitrogen and oxygen atoms in total. The summed E-state index contributed by atoms with van der Waals surface area (Å²) in [6.07, 6.45) is 6.39. The van der Waals surface area contributed by atoms with Crippen LogP contribution < -0.4 is 5.73 Å². The summed E-state index contributed by atoms with van der Waals surface area (Å²) < 4.78 is 4.18. The van der Waals surface area contributed by atoms with Crippen molar-refractivity contribution < 1.29 is 9.59 Å². The van der Waals surface area contributed by atoms with Crippen molar-refractivity contribution in [2.45, 2.75) is 13.0 Å². The van der Waals surface area contributed by atoms with Crippen LogP contribution in [0.15, 0.2) is 23.6 Å². The average molecular weight is 440 g/mol. The van der Waals surface area contributed by atoms with Gasteiger partial charge in [-0.3, -0.25) is 24.4 Å². The van der Waals surface area contributed by atoms with Crippen molar-refractivity contribution in [3.63, 3.8) is 0 Å². The number of aromatic amines is 1. The highest BCUT2D eigenvalue weighted by molar-refractivity contribution is 7.19. The molecule has 0 saturated heterocycles. The molecule has 160 valence electrons. The van der Waals surface area contributed by atoms with Gasteiger partial charge >= 0.3 is 0 Å². The van der Waals surface area contributed by atoms with Gasteiger partial charge in [0.2, 0.25) is 0 Å². The number of fused-ring (bicyclic) bond motifs is 1. The Labute approximate surface area is 181 Å². The highest BCUT2D eigenvalue weighted by Gasteiger charge is 2.19. The van der Waals surface area contributed by atoms with Gasteiger partial charge in [-0.2, -0.15) is 15.3 Å². The first-order valence-electron chi connectivity index (χ1n) is 9.36. The Hall–Kier alpha value is -3.80. The van der Waals surface area contributed by atoms with Gasteiger partial charge in [0, 0.05) is 45.5 Å². The SMILES string of the molecule is CN(Cc1nn(C)cc1C(N)=O)/N=C\c1c(C=O)n(C)c2nc(Cc3cc[nH]n3)sc12. The molecule has 0 aliphatic heterocycles. The van der Waals surface area contributed by atoms with Crippen molar-refractivity contribution in [3.05, 3.63) is 51.7 Å². The fraction of sp³-hybridized carbons (Fsp3) is 0.263. The summed E-state index contributed by atoms with van der Waals surface area (Å²) in [6, 6.07) is 1.90. The van der Waals surface area contributed by atoms with Crippen molar-refractivity contribution in [2.24, 2.45) is 24.9 Å². The molecule has 0 fully saturated rings. The number of carbonyl (C=O) groups excluding carboxylic acids is 2. The van der Waals surface area contributed by atoms with Crippen LogP contribution in [0.5, 0.6) is 0 Å². The molecule has 4 aromatic rings. The molecule has 0 bridgehead atoms. The van der Waals surface area contributed by atoms with E-state index in [2.05, 4.69) is 25.4 Å². The van der Waals surface area contributed by atoms with Gasteiger partial charge in [0.15, 0.2) is 11.9 Å². The number of thiazole rings is 1. The summed E-state index contributed by atoms with van der Waals surface area (Å²) in [5, 5.41) is 18.2. The first-order valence-corrected chi connectivity index (χ1v) is 10.2. The normalized spacial score (nSPS) is 11.6. The number of hydrogen-bond acceptors (Lipinski definition) is 8. The van der Waals surface area contributed by atoms with E-state index in [-0.39, 0.29) is 6.54 Å². The number of aldehydes is 1. The van der Waals surface area contributed by atoms with E-state index in [0.29, 0.717) is 28.9 Å². The van der Waals surface area contributed by atoms with Gasteiger partial charge in [-0.25, -0.2) is 4.98 Å². The number of rotatable bonds is 8. The molecule has 0 aromatic carbocycles. The second kappa shape index (κ2) is 8.14. The largest absolute Gasteiger partial charge is 0.365 e. The van der Waals surface area contributed by atoms with Gasteiger partial charge < -0.3 is 10.3 Å². The minimum atomic E-state index is -0.539. The van der Waals surface area contributed by atoms with E-state index in [1.165, 1.54) is 16.0 Å². The van der Waals surface area contributed by atoms with Gasteiger partial charge in [0.05, 0.1) is 40.1 Å². The van der Waals surface area contributed by atoms with E-state index < -0.39 is 5.91 Å². The van der Waals surface area contributed by atoms with Crippen LogP contribution >= 0.6 is 11.3 Å². The molecule has 0 aliphatic rings. The number of aromatic nitrogens is 6. The summed E-state index contributed by atoms with van der Waals surface area (Å²) in [6.45, 7) is 0.287. The van der Waals surface area contributed by atoms with Crippen molar-refractivity contribution in [3.8, 4) is 0 Å². The van der Waals surface area contributed by atoms with E-state index in [0.717, 1.165) is 27.3 Å². The Morgan fingerprint density at radius 3 is 2.90 bits per heavy atom. The number of nitrogens with two attached hydrogens (primary N) is 1. The first-order chi connectivity index (χ1) is 14.9. The predicted octanol–water partition coefficient (Wildman–Crippen LogP) is 1.06.